The van der Waals surface area contributed by atoms with Gasteiger partial charge in [0.15, 0.2) is 0 Å². The van der Waals surface area contributed by atoms with Gasteiger partial charge in [0.25, 0.3) is 0 Å². The van der Waals surface area contributed by atoms with Gasteiger partial charge in [0.1, 0.15) is 5.75 Å². The van der Waals surface area contributed by atoms with E-state index in [0.717, 1.165) is 22.4 Å². The van der Waals surface area contributed by atoms with E-state index in [1.165, 1.54) is 0 Å². The van der Waals surface area contributed by atoms with Crippen molar-refractivity contribution in [3.8, 4) is 16.9 Å². The Balaban J connectivity index is 2.43. The lowest BCUT2D eigenvalue weighted by Gasteiger charge is -2.05. The number of rotatable bonds is 2. The third-order valence-corrected chi connectivity index (χ3v) is 2.25. The summed E-state index contributed by atoms with van der Waals surface area (Å²) in [5.41, 5.74) is 3.37. The molecule has 0 spiro atoms. The molecule has 0 aliphatic rings. The van der Waals surface area contributed by atoms with Crippen LogP contribution < -0.4 is 4.74 Å². The molecule has 0 bridgehead atoms. The summed E-state index contributed by atoms with van der Waals surface area (Å²) in [5.74, 6) is 0.914. The van der Waals surface area contributed by atoms with Crippen LogP contribution in [0.25, 0.3) is 11.1 Å². The minimum atomic E-state index is 0.914. The standard InChI is InChI=1S/C12H12O2/c1-9-7-10(3-4-12(9)13-2)11-5-6-14-8-11/h3-8H,1-2H3. The van der Waals surface area contributed by atoms with Crippen molar-refractivity contribution in [2.75, 3.05) is 7.11 Å². The van der Waals surface area contributed by atoms with E-state index in [0.29, 0.717) is 0 Å². The number of hydrogen-bond donors (Lipinski definition) is 0. The average molecular weight is 188 g/mol. The van der Waals surface area contributed by atoms with Crippen molar-refractivity contribution in [1.29, 1.82) is 0 Å². The molecule has 0 fully saturated rings. The zero-order chi connectivity index (χ0) is 9.97. The molecule has 0 aliphatic heterocycles. The molecule has 1 heterocycles. The number of ether oxygens (including phenoxy) is 1. The number of aryl methyl sites for hydroxylation is 1. The van der Waals surface area contributed by atoms with Gasteiger partial charge in [-0.1, -0.05) is 6.07 Å². The van der Waals surface area contributed by atoms with E-state index in [-0.39, 0.29) is 0 Å². The Kier molecular flexibility index (Phi) is 2.27. The molecule has 0 atom stereocenters. The molecule has 2 aromatic rings. The molecule has 0 aliphatic carbocycles. The Morgan fingerprint density at radius 3 is 2.57 bits per heavy atom. The van der Waals surface area contributed by atoms with Gasteiger partial charge in [-0.05, 0) is 36.2 Å². The second-order valence-corrected chi connectivity index (χ2v) is 3.20. The summed E-state index contributed by atoms with van der Waals surface area (Å²) in [6, 6.07) is 8.03. The van der Waals surface area contributed by atoms with Gasteiger partial charge in [0, 0.05) is 5.56 Å². The van der Waals surface area contributed by atoms with E-state index in [1.807, 2.05) is 25.1 Å². The molecule has 2 rings (SSSR count). The molecule has 14 heavy (non-hydrogen) atoms. The molecule has 0 saturated carbocycles. The summed E-state index contributed by atoms with van der Waals surface area (Å²) in [7, 11) is 1.68. The lowest BCUT2D eigenvalue weighted by atomic mass is 10.1. The maximum Gasteiger partial charge on any atom is 0.121 e. The van der Waals surface area contributed by atoms with Crippen LogP contribution in [0, 0.1) is 6.92 Å². The lowest BCUT2D eigenvalue weighted by molar-refractivity contribution is 0.412. The van der Waals surface area contributed by atoms with Crippen molar-refractivity contribution in [3.05, 3.63) is 42.4 Å². The Morgan fingerprint density at radius 2 is 2.00 bits per heavy atom. The van der Waals surface area contributed by atoms with Crippen molar-refractivity contribution in [3.63, 3.8) is 0 Å². The van der Waals surface area contributed by atoms with Crippen LogP contribution in [0.5, 0.6) is 5.75 Å². The average Bonchev–Trinajstić information content (AvgIpc) is 2.70. The van der Waals surface area contributed by atoms with Crippen molar-refractivity contribution >= 4 is 0 Å². The fourth-order valence-corrected chi connectivity index (χ4v) is 1.49. The van der Waals surface area contributed by atoms with Gasteiger partial charge in [-0.3, -0.25) is 0 Å². The van der Waals surface area contributed by atoms with Gasteiger partial charge in [0.2, 0.25) is 0 Å². The van der Waals surface area contributed by atoms with Gasteiger partial charge in [0.05, 0.1) is 19.6 Å². The maximum atomic E-state index is 5.19. The van der Waals surface area contributed by atoms with Crippen LogP contribution >= 0.6 is 0 Å². The van der Waals surface area contributed by atoms with Crippen LogP contribution in [-0.2, 0) is 0 Å². The molecule has 2 heteroatoms. The Hall–Kier alpha value is -1.70. The second-order valence-electron chi connectivity index (χ2n) is 3.20. The van der Waals surface area contributed by atoms with Gasteiger partial charge in [-0.2, -0.15) is 0 Å². The van der Waals surface area contributed by atoms with Crippen LogP contribution in [0.15, 0.2) is 41.2 Å². The summed E-state index contributed by atoms with van der Waals surface area (Å²) < 4.78 is 10.2. The fourth-order valence-electron chi connectivity index (χ4n) is 1.49. The monoisotopic (exact) mass is 188 g/mol. The fraction of sp³-hybridized carbons (Fsp3) is 0.167. The van der Waals surface area contributed by atoms with Gasteiger partial charge >= 0.3 is 0 Å². The van der Waals surface area contributed by atoms with Crippen LogP contribution in [0.1, 0.15) is 5.56 Å². The molecule has 0 radical (unpaired) electrons. The summed E-state index contributed by atoms with van der Waals surface area (Å²) in [6.45, 7) is 2.03. The van der Waals surface area contributed by atoms with Crippen molar-refractivity contribution in [2.24, 2.45) is 0 Å². The van der Waals surface area contributed by atoms with Crippen LogP contribution in [-0.4, -0.2) is 7.11 Å². The van der Waals surface area contributed by atoms with Crippen LogP contribution in [0.3, 0.4) is 0 Å². The highest BCUT2D eigenvalue weighted by atomic mass is 16.5. The molecule has 2 nitrogen and oxygen atoms in total. The lowest BCUT2D eigenvalue weighted by Crippen LogP contribution is -1.86. The predicted octanol–water partition coefficient (Wildman–Crippen LogP) is 3.26. The van der Waals surface area contributed by atoms with E-state index >= 15 is 0 Å². The first-order chi connectivity index (χ1) is 6.81. The molecule has 0 N–H and O–H groups in total. The predicted molar refractivity (Wildman–Crippen MR) is 55.4 cm³/mol. The quantitative estimate of drug-likeness (QED) is 0.721. The first-order valence-corrected chi connectivity index (χ1v) is 4.48. The molecule has 0 unspecified atom stereocenters. The maximum absolute atomic E-state index is 5.19. The summed E-state index contributed by atoms with van der Waals surface area (Å²) in [5, 5.41) is 0. The zero-order valence-electron chi connectivity index (χ0n) is 8.28. The zero-order valence-corrected chi connectivity index (χ0v) is 8.28. The van der Waals surface area contributed by atoms with E-state index in [9.17, 15) is 0 Å². The largest absolute Gasteiger partial charge is 0.496 e. The highest BCUT2D eigenvalue weighted by Gasteiger charge is 2.02. The molecule has 1 aromatic heterocycles. The first kappa shape index (κ1) is 8.88. The number of hydrogen-bond acceptors (Lipinski definition) is 2. The summed E-state index contributed by atoms with van der Waals surface area (Å²) >= 11 is 0. The van der Waals surface area contributed by atoms with Crippen molar-refractivity contribution in [2.45, 2.75) is 6.92 Å². The van der Waals surface area contributed by atoms with Crippen molar-refractivity contribution < 1.29 is 9.15 Å². The first-order valence-electron chi connectivity index (χ1n) is 4.48. The van der Waals surface area contributed by atoms with Gasteiger partial charge in [-0.15, -0.1) is 0 Å². The molecule has 1 aromatic carbocycles. The minimum absolute atomic E-state index is 0.914. The summed E-state index contributed by atoms with van der Waals surface area (Å²) in [4.78, 5) is 0. The smallest absolute Gasteiger partial charge is 0.121 e. The summed E-state index contributed by atoms with van der Waals surface area (Å²) in [6.07, 6.45) is 3.41. The third-order valence-electron chi connectivity index (χ3n) is 2.25. The molecular weight excluding hydrogens is 176 g/mol. The topological polar surface area (TPSA) is 22.4 Å². The second kappa shape index (κ2) is 3.58. The molecular formula is C12H12O2. The van der Waals surface area contributed by atoms with Gasteiger partial charge in [-0.25, -0.2) is 0 Å². The Morgan fingerprint density at radius 1 is 1.14 bits per heavy atom. The van der Waals surface area contributed by atoms with Crippen molar-refractivity contribution in [1.82, 2.24) is 0 Å². The Bertz CT molecular complexity index is 416. The highest BCUT2D eigenvalue weighted by molar-refractivity contribution is 5.64. The molecule has 72 valence electrons. The number of furan rings is 1. The van der Waals surface area contributed by atoms with E-state index in [1.54, 1.807) is 19.6 Å². The molecule has 0 amide bonds. The SMILES string of the molecule is COc1ccc(-c2ccoc2)cc1C. The third kappa shape index (κ3) is 1.51. The highest BCUT2D eigenvalue weighted by Crippen LogP contribution is 2.25. The van der Waals surface area contributed by atoms with Crippen LogP contribution in [0.4, 0.5) is 0 Å². The van der Waals surface area contributed by atoms with E-state index in [2.05, 4.69) is 6.07 Å². The van der Waals surface area contributed by atoms with E-state index < -0.39 is 0 Å². The van der Waals surface area contributed by atoms with E-state index in [4.69, 9.17) is 9.15 Å². The minimum Gasteiger partial charge on any atom is -0.496 e. The normalized spacial score (nSPS) is 10.1. The Labute approximate surface area is 83.1 Å². The van der Waals surface area contributed by atoms with Crippen LogP contribution in [0.2, 0.25) is 0 Å². The number of methoxy groups -OCH3 is 1. The van der Waals surface area contributed by atoms with Gasteiger partial charge < -0.3 is 9.15 Å². The molecule has 0 saturated heterocycles. The number of benzene rings is 1.